The van der Waals surface area contributed by atoms with Crippen LogP contribution in [0.1, 0.15) is 108 Å². The van der Waals surface area contributed by atoms with E-state index in [-0.39, 0.29) is 11.8 Å². The molecular formula is C54H84O23. The van der Waals surface area contributed by atoms with Crippen molar-refractivity contribution in [3.8, 4) is 0 Å². The molecule has 12 N–H and O–H groups in total. The van der Waals surface area contributed by atoms with Gasteiger partial charge in [0.15, 0.2) is 25.0 Å². The number of carbonyl (C=O) groups is 3. The highest BCUT2D eigenvalue weighted by molar-refractivity contribution is 5.87. The molecule has 8 aliphatic rings. The number of carboxylic acids is 1. The fraction of sp³-hybridized carbons (Fsp3) is 0.870. The molecule has 3 heterocycles. The molecular weight excluding hydrogens is 1020 g/mol. The number of hydrogen-bond acceptors (Lipinski definition) is 22. The summed E-state index contributed by atoms with van der Waals surface area (Å²) < 4.78 is 48.1. The molecule has 7 fully saturated rings. The monoisotopic (exact) mass is 1100 g/mol. The van der Waals surface area contributed by atoms with Gasteiger partial charge in [-0.3, -0.25) is 4.79 Å². The summed E-state index contributed by atoms with van der Waals surface area (Å²) in [4.78, 5) is 38.7. The zero-order valence-electron chi connectivity index (χ0n) is 45.6. The lowest BCUT2D eigenvalue weighted by Crippen LogP contribution is -2.76. The molecule has 0 aromatic carbocycles. The van der Waals surface area contributed by atoms with Crippen LogP contribution in [-0.2, 0) is 52.3 Å². The summed E-state index contributed by atoms with van der Waals surface area (Å²) >= 11 is 0. The lowest BCUT2D eigenvalue weighted by atomic mass is 9.32. The molecule has 26 atom stereocenters. The fourth-order valence-electron chi connectivity index (χ4n) is 16.0. The van der Waals surface area contributed by atoms with Gasteiger partial charge in [0.2, 0.25) is 0 Å². The van der Waals surface area contributed by atoms with Crippen molar-refractivity contribution in [1.29, 1.82) is 0 Å². The average Bonchev–Trinajstić information content (AvgIpc) is 3.77. The van der Waals surface area contributed by atoms with Gasteiger partial charge in [-0.15, -0.1) is 0 Å². The third-order valence-electron chi connectivity index (χ3n) is 20.7. The molecule has 8 rings (SSSR count). The second-order valence-electron chi connectivity index (χ2n) is 25.3. The Bertz CT molecular complexity index is 2250. The summed E-state index contributed by atoms with van der Waals surface area (Å²) in [5.74, 6) is -3.89. The molecule has 0 spiro atoms. The van der Waals surface area contributed by atoms with Gasteiger partial charge in [-0.1, -0.05) is 66.2 Å². The minimum atomic E-state index is -2.12. The van der Waals surface area contributed by atoms with Crippen LogP contribution < -0.4 is 0 Å². The summed E-state index contributed by atoms with van der Waals surface area (Å²) in [6.07, 6.45) is -25.6. The summed E-state index contributed by atoms with van der Waals surface area (Å²) in [5.41, 5.74) is -4.51. The number of aliphatic hydroxyl groups excluding tert-OH is 11. The van der Waals surface area contributed by atoms with Gasteiger partial charge in [0.25, 0.3) is 0 Å². The maximum Gasteiger partial charge on any atom is 0.335 e. The first-order valence-electron chi connectivity index (χ1n) is 27.0. The zero-order chi connectivity index (χ0) is 57.0. The van der Waals surface area contributed by atoms with Crippen LogP contribution in [0.5, 0.6) is 0 Å². The Morgan fingerprint density at radius 1 is 0.688 bits per heavy atom. The Hall–Kier alpha value is -2.79. The van der Waals surface area contributed by atoms with Crippen molar-refractivity contribution < 1.29 is 114 Å². The second-order valence-corrected chi connectivity index (χ2v) is 25.3. The van der Waals surface area contributed by atoms with Gasteiger partial charge in [-0.2, -0.15) is 0 Å². The minimum Gasteiger partial charge on any atom is -0.479 e. The van der Waals surface area contributed by atoms with Crippen LogP contribution in [0.3, 0.4) is 0 Å². The SMILES string of the molecule is C/C=C(/C)C(=O)O[C@H]1[C@H](O)[C@]2(COC(C)=O)[C@H](O)[C@H](O)[C@]3(C)C(=CC[C@@H]4[C@@]5(C)CC[C@H](O[C@@H]6O[C@H](C(=O)O)[C@@H](O)[C@H](O[C@@H]7O[C@@H](CO)[C@@H](O)[C@H]7O)[C@H]6O[C@@H]6O[C@H](CO)[C@H](O)[C@H](O)[C@H]6O)C(C)(C)[C@@H]5CC[C@]43C)[C@@H]2CC1(C)C. The van der Waals surface area contributed by atoms with Crippen LogP contribution >= 0.6 is 0 Å². The smallest absolute Gasteiger partial charge is 0.335 e. The van der Waals surface area contributed by atoms with Crippen molar-refractivity contribution in [3.05, 3.63) is 23.3 Å². The van der Waals surface area contributed by atoms with Gasteiger partial charge in [0, 0.05) is 23.3 Å². The highest BCUT2D eigenvalue weighted by atomic mass is 16.8. The van der Waals surface area contributed by atoms with Gasteiger partial charge < -0.3 is 99.2 Å². The minimum absolute atomic E-state index is 0.141. The van der Waals surface area contributed by atoms with E-state index in [4.69, 9.17) is 37.9 Å². The van der Waals surface area contributed by atoms with E-state index in [2.05, 4.69) is 19.9 Å². The lowest BCUT2D eigenvalue weighted by molar-refractivity contribution is -0.386. The van der Waals surface area contributed by atoms with Crippen molar-refractivity contribution in [2.24, 2.45) is 50.2 Å². The van der Waals surface area contributed by atoms with Crippen LogP contribution in [0, 0.1) is 50.2 Å². The largest absolute Gasteiger partial charge is 0.479 e. The molecule has 3 saturated heterocycles. The van der Waals surface area contributed by atoms with Crippen molar-refractivity contribution >= 4 is 17.9 Å². The molecule has 5 aliphatic carbocycles. The average molecular weight is 1100 g/mol. The van der Waals surface area contributed by atoms with E-state index < -0.39 is 193 Å². The van der Waals surface area contributed by atoms with Gasteiger partial charge in [-0.05, 0) is 86.4 Å². The maximum absolute atomic E-state index is 13.3. The number of allylic oxidation sites excluding steroid dienone is 2. The highest BCUT2D eigenvalue weighted by Gasteiger charge is 2.76. The molecule has 438 valence electrons. The van der Waals surface area contributed by atoms with E-state index in [9.17, 15) is 75.7 Å². The number of hydrogen-bond donors (Lipinski definition) is 12. The number of fused-ring (bicyclic) bond motifs is 7. The Morgan fingerprint density at radius 3 is 1.84 bits per heavy atom. The van der Waals surface area contributed by atoms with E-state index >= 15 is 0 Å². The van der Waals surface area contributed by atoms with Crippen LogP contribution in [-0.4, -0.2) is 216 Å². The van der Waals surface area contributed by atoms with E-state index in [1.54, 1.807) is 19.9 Å². The predicted octanol–water partition coefficient (Wildman–Crippen LogP) is -0.684. The Kier molecular flexibility index (Phi) is 16.8. The first kappa shape index (κ1) is 60.3. The van der Waals surface area contributed by atoms with E-state index in [0.29, 0.717) is 44.1 Å². The topological polar surface area (TPSA) is 368 Å². The Morgan fingerprint density at radius 2 is 1.27 bits per heavy atom. The number of esters is 2. The predicted molar refractivity (Wildman–Crippen MR) is 263 cm³/mol. The maximum atomic E-state index is 13.3. The number of rotatable bonds is 13. The molecule has 0 bridgehead atoms. The number of ether oxygens (including phenoxy) is 8. The molecule has 23 nitrogen and oxygen atoms in total. The number of aliphatic hydroxyl groups is 11. The van der Waals surface area contributed by atoms with Gasteiger partial charge in [-0.25, -0.2) is 9.59 Å². The molecule has 3 aliphatic heterocycles. The van der Waals surface area contributed by atoms with Crippen LogP contribution in [0.4, 0.5) is 0 Å². The molecule has 0 amide bonds. The zero-order valence-corrected chi connectivity index (χ0v) is 45.6. The molecule has 0 aromatic heterocycles. The standard InChI is InChI=1S/C54H84O23/c1-11-22(2)45(69)77-43-42(66)54(21-70-23(3)57)25(18-49(43,4)5)24-12-13-29-51(8)16-15-30(50(6,7)28(51)14-17-52(29,9)53(24,10)40(64)41(54)65)73-48-39(76-47-35(62)33(60)31(58)26(19-55)71-47)37(36(63)38(75-48)44(67)68)74-46-34(61)32(59)27(20-56)72-46/h11-12,25-43,46-48,55-56,58-66H,13-21H2,1-10H3,(H,67,68)/b22-11-/t25-,26+,27-,28-,29+,30-,31-,32+,33-,34+,35+,36-,37-,38-,39+,40-,41+,42-,43-,46-,47-,48+,51-,52+,53-,54-/m0/s1. The quantitative estimate of drug-likeness (QED) is 0.0470. The third-order valence-corrected chi connectivity index (χ3v) is 20.7. The Labute approximate surface area is 448 Å². The molecule has 0 unspecified atom stereocenters. The van der Waals surface area contributed by atoms with Crippen LogP contribution in [0.25, 0.3) is 0 Å². The lowest BCUT2D eigenvalue weighted by Gasteiger charge is -2.73. The normalized spacial score (nSPS) is 50.2. The summed E-state index contributed by atoms with van der Waals surface area (Å²) in [7, 11) is 0. The summed E-state index contributed by atoms with van der Waals surface area (Å²) in [5, 5.41) is 134. The first-order valence-corrected chi connectivity index (χ1v) is 27.0. The summed E-state index contributed by atoms with van der Waals surface area (Å²) in [6, 6.07) is 0. The number of aliphatic carboxylic acids is 1. The molecule has 4 saturated carbocycles. The van der Waals surface area contributed by atoms with E-state index in [1.165, 1.54) is 6.92 Å². The second kappa shape index (κ2) is 21.5. The van der Waals surface area contributed by atoms with Crippen molar-refractivity contribution in [1.82, 2.24) is 0 Å². The fourth-order valence-corrected chi connectivity index (χ4v) is 16.0. The summed E-state index contributed by atoms with van der Waals surface area (Å²) in [6.45, 7) is 16.6. The van der Waals surface area contributed by atoms with Gasteiger partial charge in [0.1, 0.15) is 79.9 Å². The van der Waals surface area contributed by atoms with Crippen molar-refractivity contribution in [2.75, 3.05) is 19.8 Å². The van der Waals surface area contributed by atoms with E-state index in [1.807, 2.05) is 34.6 Å². The van der Waals surface area contributed by atoms with Gasteiger partial charge in [0.05, 0.1) is 36.9 Å². The molecule has 23 heteroatoms. The Balaban J connectivity index is 1.13. The molecule has 0 radical (unpaired) electrons. The number of carbonyl (C=O) groups excluding carboxylic acids is 2. The van der Waals surface area contributed by atoms with Crippen molar-refractivity contribution in [3.63, 3.8) is 0 Å². The van der Waals surface area contributed by atoms with Crippen LogP contribution in [0.15, 0.2) is 23.3 Å². The number of carboxylic acid groups (broad SMARTS) is 1. The van der Waals surface area contributed by atoms with E-state index in [0.717, 1.165) is 5.57 Å². The molecule has 77 heavy (non-hydrogen) atoms. The highest BCUT2D eigenvalue weighted by Crippen LogP contribution is 2.76. The van der Waals surface area contributed by atoms with Gasteiger partial charge >= 0.3 is 17.9 Å². The van der Waals surface area contributed by atoms with Crippen LogP contribution in [0.2, 0.25) is 0 Å². The molecule has 0 aromatic rings. The third kappa shape index (κ3) is 9.45. The first-order chi connectivity index (χ1) is 35.8. The van der Waals surface area contributed by atoms with Crippen molar-refractivity contribution in [2.45, 2.75) is 224 Å².